The van der Waals surface area contributed by atoms with E-state index in [1.54, 1.807) is 30.3 Å². The first-order valence-corrected chi connectivity index (χ1v) is 41.5. The number of hydrogen-bond donors (Lipinski definition) is 3. The average molecular weight is 1440 g/mol. The Balaban J connectivity index is 0.000000178. The van der Waals surface area contributed by atoms with E-state index in [2.05, 4.69) is 210 Å². The third-order valence-electron chi connectivity index (χ3n) is 24.5. The number of benzene rings is 8. The molecule has 15 atom stereocenters. The molecule has 8 aromatic rings. The van der Waals surface area contributed by atoms with Gasteiger partial charge in [-0.15, -0.1) is 0 Å². The summed E-state index contributed by atoms with van der Waals surface area (Å²) in [6.07, 6.45) is 25.6. The minimum atomic E-state index is -0.286. The maximum absolute atomic E-state index is 9.16. The van der Waals surface area contributed by atoms with Crippen LogP contribution in [0.2, 0.25) is 0 Å². The SMILES string of the molecule is CCC(C)c1ccc(O)cc1.CCC(C)c1ccc(O)cc1.CCC(C)c1ccc(OC(CC2CCC3CCCCC3C2)OCCOc2c(-c3ccccc3)cccc2-c2ccccc2)cc1.CCC(C)c1ccc(OC(CCC(C)C)OC2CC3CC2C2CCCC32)cc1.CCC(C)c1cccc(O)c1. The van der Waals surface area contributed by atoms with Gasteiger partial charge in [-0.05, 0) is 260 Å². The second kappa shape index (κ2) is 42.9. The van der Waals surface area contributed by atoms with Crippen LogP contribution in [0.15, 0.2) is 200 Å². The van der Waals surface area contributed by atoms with E-state index in [1.165, 1.54) is 111 Å². The Kier molecular flexibility index (Phi) is 33.4. The molecule has 5 fully saturated rings. The Morgan fingerprint density at radius 1 is 0.368 bits per heavy atom. The van der Waals surface area contributed by atoms with Gasteiger partial charge in [-0.25, -0.2) is 0 Å². The van der Waals surface area contributed by atoms with Crippen molar-refractivity contribution in [3.05, 3.63) is 228 Å². The summed E-state index contributed by atoms with van der Waals surface area (Å²) in [5, 5.41) is 27.2. The van der Waals surface area contributed by atoms with Crippen molar-refractivity contribution in [2.75, 3.05) is 13.2 Å². The molecule has 8 heteroatoms. The summed E-state index contributed by atoms with van der Waals surface area (Å²) >= 11 is 0. The fraction of sp³-hybridized carbons (Fsp3) is 0.510. The normalized spacial score (nSPS) is 21.7. The molecule has 5 aliphatic carbocycles. The van der Waals surface area contributed by atoms with Gasteiger partial charge in [0.1, 0.15) is 41.1 Å². The van der Waals surface area contributed by atoms with Gasteiger partial charge in [-0.2, -0.15) is 0 Å². The minimum absolute atomic E-state index is 0.0962. The Hall–Kier alpha value is -7.52. The summed E-state index contributed by atoms with van der Waals surface area (Å²) in [7, 11) is 0. The first kappa shape index (κ1) is 82.5. The van der Waals surface area contributed by atoms with Crippen LogP contribution in [-0.4, -0.2) is 47.2 Å². The van der Waals surface area contributed by atoms with E-state index in [4.69, 9.17) is 39.0 Å². The highest BCUT2D eigenvalue weighted by Crippen LogP contribution is 2.60. The average Bonchev–Trinajstić information content (AvgIpc) is 1.60. The predicted molar refractivity (Wildman–Crippen MR) is 442 cm³/mol. The molecular formula is C98H132O8. The lowest BCUT2D eigenvalue weighted by Crippen LogP contribution is -2.35. The van der Waals surface area contributed by atoms with Gasteiger partial charge in [-0.1, -0.05) is 255 Å². The molecule has 0 spiro atoms. The van der Waals surface area contributed by atoms with Crippen LogP contribution < -0.4 is 14.2 Å². The van der Waals surface area contributed by atoms with E-state index in [-0.39, 0.29) is 12.6 Å². The Labute approximate surface area is 640 Å². The highest BCUT2D eigenvalue weighted by atomic mass is 16.7. The van der Waals surface area contributed by atoms with Gasteiger partial charge in [0.15, 0.2) is 12.6 Å². The quantitative estimate of drug-likeness (QED) is 0.0329. The maximum Gasteiger partial charge on any atom is 0.200 e. The standard InChI is InChI=1S/C42H50O3.C26H40O2.3C10H14O/c1-3-31(2)33-23-25-38(26-24-33)45-41(30-32-21-22-34-13-10-11-18-37(34)29-32)43-27-28-44-42-39(35-14-6-4-7-15-35)19-12-20-40(42)36-16-8-5-9-17-36;1-5-18(4)19-10-12-21(13-11-19)27-26(14-9-17(2)3)28-25-16-20-15-24(25)23-8-6-7-22(20)23;2*1-3-8(2)9-4-6-10(11)7-5-9;1-3-8(2)9-5-4-6-10(11)7-9/h4-9,12,14-17,19-20,23-26,31-32,34,37,41H,3,10-11,13,18,21-22,27-30H2,1-2H3;10-13,17-18,20,22-26H,5-9,14-16H2,1-4H3;3*4-8,11H,3H2,1-2H3. The Bertz CT molecular complexity index is 3610. The lowest BCUT2D eigenvalue weighted by Gasteiger charge is -2.40. The summed E-state index contributed by atoms with van der Waals surface area (Å²) in [6, 6.07) is 67.1. The third-order valence-corrected chi connectivity index (χ3v) is 24.5. The zero-order valence-electron chi connectivity index (χ0n) is 66.7. The van der Waals surface area contributed by atoms with Gasteiger partial charge in [0.25, 0.3) is 0 Å². The number of hydrogen-bond acceptors (Lipinski definition) is 8. The van der Waals surface area contributed by atoms with Crippen molar-refractivity contribution in [3.8, 4) is 56.8 Å². The van der Waals surface area contributed by atoms with Crippen LogP contribution in [0.3, 0.4) is 0 Å². The molecule has 106 heavy (non-hydrogen) atoms. The Morgan fingerprint density at radius 2 is 0.840 bits per heavy atom. The van der Waals surface area contributed by atoms with Crippen molar-refractivity contribution < 1.29 is 39.0 Å². The van der Waals surface area contributed by atoms with Crippen LogP contribution in [0.25, 0.3) is 22.3 Å². The molecule has 0 radical (unpaired) electrons. The minimum Gasteiger partial charge on any atom is -0.508 e. The number of para-hydroxylation sites is 1. The summed E-state index contributed by atoms with van der Waals surface area (Å²) in [6.45, 7) is 27.6. The lowest BCUT2D eigenvalue weighted by molar-refractivity contribution is -0.146. The number of phenolic OH excluding ortho intramolecular Hbond substituents is 3. The maximum atomic E-state index is 9.16. The lowest BCUT2D eigenvalue weighted by atomic mass is 9.67. The van der Waals surface area contributed by atoms with Crippen LogP contribution in [0.1, 0.15) is 269 Å². The van der Waals surface area contributed by atoms with Crippen LogP contribution in [0, 0.1) is 47.3 Å². The second-order valence-corrected chi connectivity index (χ2v) is 32.2. The van der Waals surface area contributed by atoms with Crippen LogP contribution in [-0.2, 0) is 9.47 Å². The van der Waals surface area contributed by atoms with E-state index in [1.807, 2.05) is 42.5 Å². The van der Waals surface area contributed by atoms with Gasteiger partial charge in [0.2, 0.25) is 0 Å². The van der Waals surface area contributed by atoms with E-state index in [0.29, 0.717) is 78.0 Å². The molecule has 0 amide bonds. The number of aromatic hydroxyl groups is 3. The van der Waals surface area contributed by atoms with Crippen molar-refractivity contribution in [1.82, 2.24) is 0 Å². The van der Waals surface area contributed by atoms with Crippen LogP contribution in [0.4, 0.5) is 0 Å². The number of fused-ring (bicyclic) bond motifs is 6. The zero-order chi connectivity index (χ0) is 75.3. The second-order valence-electron chi connectivity index (χ2n) is 32.2. The number of ether oxygens (including phenoxy) is 5. The van der Waals surface area contributed by atoms with E-state index in [0.717, 1.165) is 120 Å². The first-order valence-electron chi connectivity index (χ1n) is 41.5. The molecule has 8 aromatic carbocycles. The smallest absolute Gasteiger partial charge is 0.200 e. The molecule has 572 valence electrons. The van der Waals surface area contributed by atoms with E-state index in [9.17, 15) is 0 Å². The summed E-state index contributed by atoms with van der Waals surface area (Å²) < 4.78 is 32.8. The fourth-order valence-electron chi connectivity index (χ4n) is 17.0. The summed E-state index contributed by atoms with van der Waals surface area (Å²) in [5.74, 6) is 13.6. The summed E-state index contributed by atoms with van der Waals surface area (Å²) in [5.41, 5.74) is 11.0. The summed E-state index contributed by atoms with van der Waals surface area (Å²) in [4.78, 5) is 0. The van der Waals surface area contributed by atoms with Crippen molar-refractivity contribution in [3.63, 3.8) is 0 Å². The van der Waals surface area contributed by atoms with Crippen molar-refractivity contribution in [2.45, 2.75) is 260 Å². The van der Waals surface area contributed by atoms with E-state index >= 15 is 0 Å². The van der Waals surface area contributed by atoms with Gasteiger partial charge in [0, 0.05) is 24.0 Å². The molecule has 8 nitrogen and oxygen atoms in total. The largest absolute Gasteiger partial charge is 0.508 e. The van der Waals surface area contributed by atoms with Crippen LogP contribution >= 0.6 is 0 Å². The molecule has 3 N–H and O–H groups in total. The van der Waals surface area contributed by atoms with Gasteiger partial charge < -0.3 is 39.0 Å². The third kappa shape index (κ3) is 24.8. The molecule has 15 unspecified atom stereocenters. The molecule has 0 aliphatic heterocycles. The monoisotopic (exact) mass is 1440 g/mol. The van der Waals surface area contributed by atoms with Crippen molar-refractivity contribution >= 4 is 0 Å². The van der Waals surface area contributed by atoms with Gasteiger partial charge in [-0.3, -0.25) is 0 Å². The molecule has 0 saturated heterocycles. The first-order chi connectivity index (χ1) is 51.4. The van der Waals surface area contributed by atoms with Gasteiger partial charge in [0.05, 0.1) is 12.7 Å². The van der Waals surface area contributed by atoms with E-state index < -0.39 is 0 Å². The molecule has 0 heterocycles. The highest BCUT2D eigenvalue weighted by Gasteiger charge is 2.55. The fourth-order valence-corrected chi connectivity index (χ4v) is 17.0. The molecule has 13 rings (SSSR count). The number of rotatable bonds is 28. The molecular weight excluding hydrogens is 1310 g/mol. The van der Waals surface area contributed by atoms with Crippen LogP contribution in [0.5, 0.6) is 34.5 Å². The molecule has 2 bridgehead atoms. The van der Waals surface area contributed by atoms with Gasteiger partial charge >= 0.3 is 0 Å². The zero-order valence-corrected chi connectivity index (χ0v) is 66.7. The van der Waals surface area contributed by atoms with Crippen molar-refractivity contribution in [1.29, 1.82) is 0 Å². The van der Waals surface area contributed by atoms with Crippen molar-refractivity contribution in [2.24, 2.45) is 47.3 Å². The highest BCUT2D eigenvalue weighted by molar-refractivity contribution is 5.82. The topological polar surface area (TPSA) is 107 Å². The number of phenols is 3. The molecule has 5 saturated carbocycles. The Morgan fingerprint density at radius 3 is 1.34 bits per heavy atom. The molecule has 5 aliphatic rings. The predicted octanol–water partition coefficient (Wildman–Crippen LogP) is 27.2. The molecule has 0 aromatic heterocycles.